The van der Waals surface area contributed by atoms with Gasteiger partial charge in [0.15, 0.2) is 0 Å². The molecule has 0 aromatic heterocycles. The number of hydrogen-bond donors (Lipinski definition) is 1. The van der Waals surface area contributed by atoms with Crippen LogP contribution in [0.5, 0.6) is 0 Å². The minimum atomic E-state index is -0.250. The summed E-state index contributed by atoms with van der Waals surface area (Å²) < 4.78 is 0. The summed E-state index contributed by atoms with van der Waals surface area (Å²) >= 11 is 3.45. The van der Waals surface area contributed by atoms with Crippen LogP contribution in [0.25, 0.3) is 11.1 Å². The molecule has 0 amide bonds. The second kappa shape index (κ2) is 7.67. The first kappa shape index (κ1) is 14.5. The lowest BCUT2D eigenvalue weighted by molar-refractivity contribution is -0.122. The second-order valence-corrected chi connectivity index (χ2v) is 4.31. The molecule has 0 radical (unpaired) electrons. The third-order valence-electron chi connectivity index (χ3n) is 2.56. The Morgan fingerprint density at radius 2 is 1.67 bits per heavy atom. The van der Waals surface area contributed by atoms with Crippen LogP contribution >= 0.6 is 15.9 Å². The normalized spacial score (nSPS) is 9.22. The number of halogens is 1. The van der Waals surface area contributed by atoms with Crippen LogP contribution in [0, 0.1) is 6.92 Å². The van der Waals surface area contributed by atoms with Gasteiger partial charge in [-0.05, 0) is 29.2 Å². The van der Waals surface area contributed by atoms with Gasteiger partial charge in [0.25, 0.3) is 6.47 Å². The van der Waals surface area contributed by atoms with Gasteiger partial charge in [0.2, 0.25) is 0 Å². The van der Waals surface area contributed by atoms with Crippen LogP contribution in [0.4, 0.5) is 0 Å². The number of rotatable bonds is 2. The van der Waals surface area contributed by atoms with Crippen molar-refractivity contribution < 1.29 is 9.90 Å². The summed E-state index contributed by atoms with van der Waals surface area (Å²) in [5.74, 6) is 0. The van der Waals surface area contributed by atoms with Gasteiger partial charge in [-0.25, -0.2) is 0 Å². The van der Waals surface area contributed by atoms with E-state index in [1.807, 2.05) is 0 Å². The zero-order valence-corrected chi connectivity index (χ0v) is 11.7. The standard InChI is InChI=1S/C14H13Br.CH2O2/c1-11-4-2-3-5-14(11)13-8-6-12(10-15)7-9-13;2-1-3/h2-9H,10H2,1H3;1H,(H,2,3). The Morgan fingerprint density at radius 1 is 1.11 bits per heavy atom. The Balaban J connectivity index is 0.000000492. The molecule has 0 aliphatic rings. The number of hydrogen-bond acceptors (Lipinski definition) is 1. The lowest BCUT2D eigenvalue weighted by Gasteiger charge is -2.06. The van der Waals surface area contributed by atoms with E-state index in [4.69, 9.17) is 9.90 Å². The molecule has 0 saturated carbocycles. The molecule has 2 rings (SSSR count). The maximum absolute atomic E-state index is 8.36. The second-order valence-electron chi connectivity index (χ2n) is 3.75. The molecule has 0 heterocycles. The van der Waals surface area contributed by atoms with E-state index in [9.17, 15) is 0 Å². The first-order chi connectivity index (χ1) is 8.72. The number of aryl methyl sites for hydroxylation is 1. The average molecular weight is 307 g/mol. The lowest BCUT2D eigenvalue weighted by Crippen LogP contribution is -1.83. The van der Waals surface area contributed by atoms with Crippen molar-refractivity contribution in [2.75, 3.05) is 0 Å². The molecule has 1 N–H and O–H groups in total. The number of benzene rings is 2. The first-order valence-corrected chi connectivity index (χ1v) is 6.63. The van der Waals surface area contributed by atoms with Crippen molar-refractivity contribution in [3.8, 4) is 11.1 Å². The van der Waals surface area contributed by atoms with Crippen molar-refractivity contribution in [2.45, 2.75) is 12.3 Å². The summed E-state index contributed by atoms with van der Waals surface area (Å²) in [6.07, 6.45) is 0. The van der Waals surface area contributed by atoms with Crippen LogP contribution in [0.2, 0.25) is 0 Å². The minimum absolute atomic E-state index is 0.250. The van der Waals surface area contributed by atoms with Crippen LogP contribution in [0.1, 0.15) is 11.1 Å². The van der Waals surface area contributed by atoms with E-state index in [1.165, 1.54) is 22.3 Å². The van der Waals surface area contributed by atoms with Gasteiger partial charge in [-0.2, -0.15) is 0 Å². The molecule has 0 saturated heterocycles. The Labute approximate surface area is 115 Å². The molecule has 0 atom stereocenters. The van der Waals surface area contributed by atoms with Crippen LogP contribution in [0.3, 0.4) is 0 Å². The van der Waals surface area contributed by atoms with Gasteiger partial charge in [-0.1, -0.05) is 64.5 Å². The molecular formula is C15H15BrO2. The van der Waals surface area contributed by atoms with Crippen LogP contribution in [0.15, 0.2) is 48.5 Å². The summed E-state index contributed by atoms with van der Waals surface area (Å²) in [6, 6.07) is 17.2. The molecule has 0 unspecified atom stereocenters. The monoisotopic (exact) mass is 306 g/mol. The molecule has 0 bridgehead atoms. The Kier molecular flexibility index (Phi) is 6.15. The third-order valence-corrected chi connectivity index (χ3v) is 3.21. The van der Waals surface area contributed by atoms with Gasteiger partial charge in [0, 0.05) is 5.33 Å². The summed E-state index contributed by atoms with van der Waals surface area (Å²) in [5.41, 5.74) is 5.24. The fourth-order valence-electron chi connectivity index (χ4n) is 1.67. The van der Waals surface area contributed by atoms with Crippen molar-refractivity contribution >= 4 is 22.4 Å². The lowest BCUT2D eigenvalue weighted by atomic mass is 10.00. The molecule has 2 nitrogen and oxygen atoms in total. The summed E-state index contributed by atoms with van der Waals surface area (Å²) in [4.78, 5) is 8.36. The van der Waals surface area contributed by atoms with Crippen molar-refractivity contribution in [3.05, 3.63) is 59.7 Å². The first-order valence-electron chi connectivity index (χ1n) is 5.51. The molecule has 2 aromatic carbocycles. The number of carbonyl (C=O) groups is 1. The molecule has 0 fully saturated rings. The van der Waals surface area contributed by atoms with Crippen molar-refractivity contribution in [1.82, 2.24) is 0 Å². The highest BCUT2D eigenvalue weighted by molar-refractivity contribution is 9.08. The quantitative estimate of drug-likeness (QED) is 0.665. The number of alkyl halides is 1. The number of carboxylic acid groups (broad SMARTS) is 1. The predicted molar refractivity (Wildman–Crippen MR) is 77.9 cm³/mol. The van der Waals surface area contributed by atoms with Gasteiger partial charge in [-0.3, -0.25) is 4.79 Å². The molecule has 94 valence electrons. The largest absolute Gasteiger partial charge is 0.483 e. The molecule has 18 heavy (non-hydrogen) atoms. The molecule has 0 aliphatic carbocycles. The van der Waals surface area contributed by atoms with Gasteiger partial charge >= 0.3 is 0 Å². The molecular weight excluding hydrogens is 292 g/mol. The summed E-state index contributed by atoms with van der Waals surface area (Å²) in [5, 5.41) is 7.81. The molecule has 3 heteroatoms. The Morgan fingerprint density at radius 3 is 2.17 bits per heavy atom. The van der Waals surface area contributed by atoms with Crippen LogP contribution in [-0.2, 0) is 10.1 Å². The smallest absolute Gasteiger partial charge is 0.290 e. The van der Waals surface area contributed by atoms with E-state index in [0.29, 0.717) is 0 Å². The zero-order chi connectivity index (χ0) is 13.4. The summed E-state index contributed by atoms with van der Waals surface area (Å²) in [6.45, 7) is 1.90. The SMILES string of the molecule is Cc1ccccc1-c1ccc(CBr)cc1.O=CO. The summed E-state index contributed by atoms with van der Waals surface area (Å²) in [7, 11) is 0. The van der Waals surface area contributed by atoms with Crippen LogP contribution in [-0.4, -0.2) is 11.6 Å². The average Bonchev–Trinajstić information content (AvgIpc) is 2.40. The van der Waals surface area contributed by atoms with E-state index in [1.54, 1.807) is 0 Å². The van der Waals surface area contributed by atoms with Crippen molar-refractivity contribution in [2.24, 2.45) is 0 Å². The van der Waals surface area contributed by atoms with Gasteiger partial charge in [0.05, 0.1) is 0 Å². The van der Waals surface area contributed by atoms with Crippen molar-refractivity contribution in [1.29, 1.82) is 0 Å². The topological polar surface area (TPSA) is 37.3 Å². The van der Waals surface area contributed by atoms with Gasteiger partial charge in [0.1, 0.15) is 0 Å². The Bertz CT molecular complexity index is 492. The van der Waals surface area contributed by atoms with E-state index < -0.39 is 0 Å². The molecule has 2 aromatic rings. The maximum atomic E-state index is 8.36. The minimum Gasteiger partial charge on any atom is -0.483 e. The highest BCUT2D eigenvalue weighted by Crippen LogP contribution is 2.23. The van der Waals surface area contributed by atoms with E-state index in [0.717, 1.165) is 5.33 Å². The highest BCUT2D eigenvalue weighted by Gasteiger charge is 1.99. The Hall–Kier alpha value is -1.61. The fourth-order valence-corrected chi connectivity index (χ4v) is 2.04. The zero-order valence-electron chi connectivity index (χ0n) is 10.1. The fraction of sp³-hybridized carbons (Fsp3) is 0.133. The van der Waals surface area contributed by atoms with E-state index in [-0.39, 0.29) is 6.47 Å². The van der Waals surface area contributed by atoms with E-state index >= 15 is 0 Å². The van der Waals surface area contributed by atoms with Gasteiger partial charge in [-0.15, -0.1) is 0 Å². The highest BCUT2D eigenvalue weighted by atomic mass is 79.9. The third kappa shape index (κ3) is 4.00. The van der Waals surface area contributed by atoms with E-state index in [2.05, 4.69) is 71.4 Å². The van der Waals surface area contributed by atoms with Gasteiger partial charge < -0.3 is 5.11 Å². The van der Waals surface area contributed by atoms with Crippen molar-refractivity contribution in [3.63, 3.8) is 0 Å². The molecule has 0 spiro atoms. The maximum Gasteiger partial charge on any atom is 0.290 e. The predicted octanol–water partition coefficient (Wildman–Crippen LogP) is 4.26. The molecule has 0 aliphatic heterocycles. The van der Waals surface area contributed by atoms with Crippen LogP contribution < -0.4 is 0 Å².